The van der Waals surface area contributed by atoms with Crippen molar-refractivity contribution in [2.75, 3.05) is 0 Å². The minimum atomic E-state index is -1.23. The van der Waals surface area contributed by atoms with Gasteiger partial charge in [0.2, 0.25) is 5.13 Å². The Morgan fingerprint density at radius 3 is 2.54 bits per heavy atom. The van der Waals surface area contributed by atoms with Crippen molar-refractivity contribution in [3.63, 3.8) is 0 Å². The van der Waals surface area contributed by atoms with Crippen LogP contribution in [0.1, 0.15) is 30.0 Å². The molecule has 4 rings (SSSR count). The van der Waals surface area contributed by atoms with E-state index in [2.05, 4.69) is 5.10 Å². The molecule has 180 valence electrons. The van der Waals surface area contributed by atoms with E-state index < -0.39 is 10.9 Å². The minimum Gasteiger partial charge on any atom is -0.476 e. The first-order valence-electron chi connectivity index (χ1n) is 10.3. The van der Waals surface area contributed by atoms with Gasteiger partial charge in [0, 0.05) is 28.5 Å². The second kappa shape index (κ2) is 9.98. The number of halogens is 2. The molecule has 35 heavy (non-hydrogen) atoms. The normalized spacial score (nSPS) is 11.3. The first-order chi connectivity index (χ1) is 16.6. The summed E-state index contributed by atoms with van der Waals surface area (Å²) in [6.45, 7) is 5.75. The summed E-state index contributed by atoms with van der Waals surface area (Å²) in [5, 5.41) is 27.2. The number of aryl methyl sites for hydroxylation is 1. The fourth-order valence-electron chi connectivity index (χ4n) is 3.49. The monoisotopic (exact) mass is 548 g/mol. The van der Waals surface area contributed by atoms with Gasteiger partial charge in [-0.05, 0) is 24.6 Å². The second-order valence-electron chi connectivity index (χ2n) is 7.76. The van der Waals surface area contributed by atoms with Crippen molar-refractivity contribution in [1.82, 2.24) is 14.8 Å². The maximum atomic E-state index is 12.4. The van der Waals surface area contributed by atoms with Crippen LogP contribution in [0.15, 0.2) is 46.7 Å². The molecule has 0 spiro atoms. The molecule has 0 saturated heterocycles. The summed E-state index contributed by atoms with van der Waals surface area (Å²) in [4.78, 5) is 27.9. The quantitative estimate of drug-likeness (QED) is 0.145. The van der Waals surface area contributed by atoms with Crippen LogP contribution in [-0.2, 0) is 0 Å². The van der Waals surface area contributed by atoms with Gasteiger partial charge in [-0.15, -0.1) is 11.8 Å². The number of carbonyl (C=O) groups is 1. The molecular formula is C23H18Cl2N4O4S2. The highest BCUT2D eigenvalue weighted by Gasteiger charge is 2.27. The van der Waals surface area contributed by atoms with Gasteiger partial charge in [0.15, 0.2) is 5.69 Å². The number of rotatable bonds is 7. The number of nitro groups is 1. The van der Waals surface area contributed by atoms with Gasteiger partial charge in [0.25, 0.3) is 5.69 Å². The molecule has 1 N–H and O–H groups in total. The average Bonchev–Trinajstić information content (AvgIpc) is 3.36. The van der Waals surface area contributed by atoms with E-state index in [1.807, 2.05) is 13.8 Å². The number of aromatic nitrogens is 3. The molecule has 0 bridgehead atoms. The van der Waals surface area contributed by atoms with Crippen molar-refractivity contribution in [2.45, 2.75) is 30.2 Å². The molecule has 0 amide bonds. The number of thioether (sulfide) groups is 1. The van der Waals surface area contributed by atoms with Crippen LogP contribution in [0.5, 0.6) is 0 Å². The Morgan fingerprint density at radius 1 is 1.17 bits per heavy atom. The predicted molar refractivity (Wildman–Crippen MR) is 139 cm³/mol. The Kier molecular flexibility index (Phi) is 7.18. The number of hydrogen-bond donors (Lipinski definition) is 1. The first kappa shape index (κ1) is 25.2. The van der Waals surface area contributed by atoms with Crippen LogP contribution in [0.4, 0.5) is 5.69 Å². The Morgan fingerprint density at radius 2 is 1.91 bits per heavy atom. The Bertz CT molecular complexity index is 1470. The predicted octanol–water partition coefficient (Wildman–Crippen LogP) is 7.38. The molecule has 0 unspecified atom stereocenters. The van der Waals surface area contributed by atoms with Gasteiger partial charge >= 0.3 is 5.97 Å². The van der Waals surface area contributed by atoms with Crippen molar-refractivity contribution >= 4 is 58.0 Å². The zero-order valence-electron chi connectivity index (χ0n) is 18.7. The summed E-state index contributed by atoms with van der Waals surface area (Å²) in [5.41, 5.74) is 2.21. The molecule has 0 fully saturated rings. The van der Waals surface area contributed by atoms with Gasteiger partial charge < -0.3 is 5.11 Å². The van der Waals surface area contributed by atoms with Crippen LogP contribution in [0, 0.1) is 17.0 Å². The fraction of sp³-hybridized carbons (Fsp3) is 0.174. The molecule has 0 atom stereocenters. The molecule has 0 radical (unpaired) electrons. The number of nitro benzene ring substituents is 1. The molecule has 2 aromatic carbocycles. The van der Waals surface area contributed by atoms with Crippen LogP contribution in [0.25, 0.3) is 27.5 Å². The van der Waals surface area contributed by atoms with Gasteiger partial charge in [-0.3, -0.25) is 10.1 Å². The van der Waals surface area contributed by atoms with Crippen molar-refractivity contribution in [2.24, 2.45) is 0 Å². The second-order valence-corrected chi connectivity index (χ2v) is 11.4. The van der Waals surface area contributed by atoms with Gasteiger partial charge in [0.1, 0.15) is 0 Å². The molecule has 4 aromatic rings. The Hall–Kier alpha value is -2.92. The zero-order valence-corrected chi connectivity index (χ0v) is 21.8. The summed E-state index contributed by atoms with van der Waals surface area (Å²) in [7, 11) is 0. The summed E-state index contributed by atoms with van der Waals surface area (Å²) in [5.74, 6) is -1.23. The summed E-state index contributed by atoms with van der Waals surface area (Å²) >= 11 is 15.2. The highest BCUT2D eigenvalue weighted by Crippen LogP contribution is 2.42. The maximum Gasteiger partial charge on any atom is 0.355 e. The number of benzene rings is 2. The fourth-order valence-corrected chi connectivity index (χ4v) is 6.27. The van der Waals surface area contributed by atoms with E-state index >= 15 is 0 Å². The van der Waals surface area contributed by atoms with E-state index in [4.69, 9.17) is 28.2 Å². The van der Waals surface area contributed by atoms with E-state index in [1.165, 1.54) is 34.2 Å². The van der Waals surface area contributed by atoms with Gasteiger partial charge in [-0.2, -0.15) is 9.78 Å². The standard InChI is InChI=1S/C23H18Cl2N4O4S2/c1-11(2)34-22-19(14-7-8-16(24)17(25)10-14)26-23(35-22)28-20(21(30)31)18(12(3)27-28)13-5-4-6-15(9-13)29(32)33/h4-11H,1-3H3,(H,30,31). The molecule has 12 heteroatoms. The molecular weight excluding hydrogens is 531 g/mol. The van der Waals surface area contributed by atoms with E-state index in [0.29, 0.717) is 37.7 Å². The summed E-state index contributed by atoms with van der Waals surface area (Å²) in [6, 6.07) is 11.0. The summed E-state index contributed by atoms with van der Waals surface area (Å²) in [6.07, 6.45) is 0. The third kappa shape index (κ3) is 5.06. The van der Waals surface area contributed by atoms with Crippen LogP contribution < -0.4 is 0 Å². The number of nitrogens with zero attached hydrogens (tertiary/aromatic N) is 4. The lowest BCUT2D eigenvalue weighted by molar-refractivity contribution is -0.384. The van der Waals surface area contributed by atoms with Gasteiger partial charge in [-0.25, -0.2) is 9.78 Å². The average molecular weight is 549 g/mol. The van der Waals surface area contributed by atoms with Gasteiger partial charge in [-0.1, -0.05) is 66.6 Å². The number of non-ortho nitro benzene ring substituents is 1. The molecule has 0 aliphatic carbocycles. The highest BCUT2D eigenvalue weighted by atomic mass is 35.5. The van der Waals surface area contributed by atoms with Crippen molar-refractivity contribution in [3.05, 3.63) is 74.0 Å². The molecule has 2 heterocycles. The molecule has 0 aliphatic heterocycles. The third-order valence-corrected chi connectivity index (χ3v) is 7.89. The lowest BCUT2D eigenvalue weighted by atomic mass is 10.0. The van der Waals surface area contributed by atoms with E-state index in [9.17, 15) is 20.0 Å². The maximum absolute atomic E-state index is 12.4. The lowest BCUT2D eigenvalue weighted by Crippen LogP contribution is -2.09. The Balaban J connectivity index is 1.92. The van der Waals surface area contributed by atoms with Crippen LogP contribution in [0.3, 0.4) is 0 Å². The zero-order chi connectivity index (χ0) is 25.4. The van der Waals surface area contributed by atoms with Gasteiger partial charge in [0.05, 0.1) is 30.6 Å². The molecule has 0 saturated carbocycles. The van der Waals surface area contributed by atoms with Crippen LogP contribution in [0.2, 0.25) is 10.0 Å². The van der Waals surface area contributed by atoms with E-state index in [0.717, 1.165) is 9.77 Å². The van der Waals surface area contributed by atoms with Crippen molar-refractivity contribution in [1.29, 1.82) is 0 Å². The third-order valence-electron chi connectivity index (χ3n) is 4.91. The van der Waals surface area contributed by atoms with Crippen LogP contribution >= 0.6 is 46.3 Å². The molecule has 8 nitrogen and oxygen atoms in total. The topological polar surface area (TPSA) is 111 Å². The lowest BCUT2D eigenvalue weighted by Gasteiger charge is -2.05. The van der Waals surface area contributed by atoms with Crippen LogP contribution in [-0.4, -0.2) is 36.0 Å². The number of aromatic carboxylic acids is 1. The van der Waals surface area contributed by atoms with Crippen molar-refractivity contribution in [3.8, 4) is 27.5 Å². The number of carboxylic acids is 1. The number of carboxylic acid groups (broad SMARTS) is 1. The van der Waals surface area contributed by atoms with E-state index in [-0.39, 0.29) is 16.6 Å². The number of thiazole rings is 1. The smallest absolute Gasteiger partial charge is 0.355 e. The highest BCUT2D eigenvalue weighted by molar-refractivity contribution is 8.01. The number of hydrogen-bond acceptors (Lipinski definition) is 7. The van der Waals surface area contributed by atoms with E-state index in [1.54, 1.807) is 43.0 Å². The Labute approximate surface area is 218 Å². The SMILES string of the molecule is Cc1nn(-c2nc(-c3ccc(Cl)c(Cl)c3)c(SC(C)C)s2)c(C(=O)O)c1-c1cccc([N+](=O)[O-])c1. The largest absolute Gasteiger partial charge is 0.476 e. The molecule has 2 aromatic heterocycles. The summed E-state index contributed by atoms with van der Waals surface area (Å²) < 4.78 is 2.15. The molecule has 0 aliphatic rings. The first-order valence-corrected chi connectivity index (χ1v) is 12.7. The van der Waals surface area contributed by atoms with Crippen molar-refractivity contribution < 1.29 is 14.8 Å². The minimum absolute atomic E-state index is 0.126.